The van der Waals surface area contributed by atoms with Crippen LogP contribution in [0.25, 0.3) is 0 Å². The Bertz CT molecular complexity index is 308. The van der Waals surface area contributed by atoms with Crippen LogP contribution < -0.4 is 10.6 Å². The van der Waals surface area contributed by atoms with E-state index in [0.29, 0.717) is 5.92 Å². The number of carbonyl (C=O) groups excluding carboxylic acids is 1. The normalized spacial score (nSPS) is 21.4. The van der Waals surface area contributed by atoms with Crippen LogP contribution >= 0.6 is 0 Å². The van der Waals surface area contributed by atoms with E-state index in [-0.39, 0.29) is 6.03 Å². The lowest BCUT2D eigenvalue weighted by atomic mass is 10.1. The summed E-state index contributed by atoms with van der Waals surface area (Å²) in [5.41, 5.74) is 0. The highest BCUT2D eigenvalue weighted by atomic mass is 16.5. The minimum Gasteiger partial charge on any atom is -0.379 e. The Kier molecular flexibility index (Phi) is 6.88. The summed E-state index contributed by atoms with van der Waals surface area (Å²) in [7, 11) is 0. The molecule has 0 spiro atoms. The first kappa shape index (κ1) is 15.3. The number of amides is 2. The number of urea groups is 1. The molecule has 2 amide bonds. The zero-order valence-corrected chi connectivity index (χ0v) is 12.3. The van der Waals surface area contributed by atoms with Crippen LogP contribution in [0.15, 0.2) is 12.3 Å². The average Bonchev–Trinajstić information content (AvgIpc) is 2.98. The third-order valence-corrected chi connectivity index (χ3v) is 4.02. The van der Waals surface area contributed by atoms with Crippen LogP contribution in [0.5, 0.6) is 0 Å². The van der Waals surface area contributed by atoms with Gasteiger partial charge in [0.15, 0.2) is 0 Å². The van der Waals surface area contributed by atoms with Gasteiger partial charge in [-0.25, -0.2) is 4.79 Å². The van der Waals surface area contributed by atoms with E-state index in [4.69, 9.17) is 4.74 Å². The highest BCUT2D eigenvalue weighted by Crippen LogP contribution is 2.25. The number of ether oxygens (including phenoxy) is 1. The third kappa shape index (κ3) is 5.92. The topological polar surface area (TPSA) is 53.6 Å². The summed E-state index contributed by atoms with van der Waals surface area (Å²) in [5.74, 6) is 0.664. The van der Waals surface area contributed by atoms with Crippen molar-refractivity contribution in [3.63, 3.8) is 0 Å². The summed E-state index contributed by atoms with van der Waals surface area (Å²) < 4.78 is 5.30. The number of hydrogen-bond donors (Lipinski definition) is 2. The number of allylic oxidation sites excluding steroid dienone is 1. The first-order chi connectivity index (χ1) is 9.84. The van der Waals surface area contributed by atoms with Crippen LogP contribution in [0.3, 0.4) is 0 Å². The van der Waals surface area contributed by atoms with E-state index in [2.05, 4.69) is 21.6 Å². The van der Waals surface area contributed by atoms with Crippen molar-refractivity contribution in [3.05, 3.63) is 12.3 Å². The van der Waals surface area contributed by atoms with Crippen molar-refractivity contribution in [3.8, 4) is 0 Å². The SMILES string of the molecule is O=C(N/C=C/C1CCCC1)NCCCN1CCOCC1. The van der Waals surface area contributed by atoms with Crippen molar-refractivity contribution >= 4 is 6.03 Å². The van der Waals surface area contributed by atoms with E-state index >= 15 is 0 Å². The lowest BCUT2D eigenvalue weighted by molar-refractivity contribution is 0.0375. The largest absolute Gasteiger partial charge is 0.379 e. The quantitative estimate of drug-likeness (QED) is 0.729. The maximum atomic E-state index is 11.6. The standard InChI is InChI=1S/C15H27N3O2/c19-15(17-8-6-14-4-1-2-5-14)16-7-3-9-18-10-12-20-13-11-18/h6,8,14H,1-5,7,9-13H2,(H2,16,17,19)/b8-6+. The van der Waals surface area contributed by atoms with Crippen LogP contribution in [-0.2, 0) is 4.74 Å². The van der Waals surface area contributed by atoms with Gasteiger partial charge < -0.3 is 15.4 Å². The van der Waals surface area contributed by atoms with Crippen LogP contribution in [0.1, 0.15) is 32.1 Å². The third-order valence-electron chi connectivity index (χ3n) is 4.02. The molecule has 0 atom stereocenters. The van der Waals surface area contributed by atoms with Gasteiger partial charge in [-0.15, -0.1) is 0 Å². The Morgan fingerprint density at radius 2 is 2.00 bits per heavy atom. The van der Waals surface area contributed by atoms with Crippen molar-refractivity contribution < 1.29 is 9.53 Å². The zero-order chi connectivity index (χ0) is 14.0. The molecule has 0 bridgehead atoms. The molecule has 114 valence electrons. The van der Waals surface area contributed by atoms with Gasteiger partial charge in [0.05, 0.1) is 13.2 Å². The lowest BCUT2D eigenvalue weighted by Gasteiger charge is -2.26. The fraction of sp³-hybridized carbons (Fsp3) is 0.800. The van der Waals surface area contributed by atoms with Crippen LogP contribution in [0, 0.1) is 5.92 Å². The van der Waals surface area contributed by atoms with E-state index < -0.39 is 0 Å². The number of carbonyl (C=O) groups is 1. The lowest BCUT2D eigenvalue weighted by Crippen LogP contribution is -2.39. The van der Waals surface area contributed by atoms with E-state index in [0.717, 1.165) is 45.8 Å². The molecule has 1 aliphatic heterocycles. The van der Waals surface area contributed by atoms with Crippen molar-refractivity contribution in [1.82, 2.24) is 15.5 Å². The van der Waals surface area contributed by atoms with E-state index in [1.165, 1.54) is 25.7 Å². The molecule has 5 nitrogen and oxygen atoms in total. The molecule has 1 saturated heterocycles. The molecular formula is C15H27N3O2. The average molecular weight is 281 g/mol. The molecule has 1 heterocycles. The molecule has 1 saturated carbocycles. The van der Waals surface area contributed by atoms with E-state index in [9.17, 15) is 4.79 Å². The van der Waals surface area contributed by atoms with Crippen molar-refractivity contribution in [2.75, 3.05) is 39.4 Å². The Morgan fingerprint density at radius 1 is 1.25 bits per heavy atom. The number of morpholine rings is 1. The summed E-state index contributed by atoms with van der Waals surface area (Å²) in [6, 6.07) is -0.0961. The Morgan fingerprint density at radius 3 is 2.75 bits per heavy atom. The number of rotatable bonds is 6. The Balaban J connectivity index is 1.47. The molecule has 0 aromatic heterocycles. The molecule has 0 unspecified atom stereocenters. The molecule has 0 aromatic carbocycles. The fourth-order valence-electron chi connectivity index (χ4n) is 2.79. The maximum absolute atomic E-state index is 11.6. The van der Waals surface area contributed by atoms with Gasteiger partial charge in [0.1, 0.15) is 0 Å². The van der Waals surface area contributed by atoms with Crippen LogP contribution in [-0.4, -0.2) is 50.3 Å². The molecule has 2 fully saturated rings. The highest BCUT2D eigenvalue weighted by molar-refractivity contribution is 5.74. The van der Waals surface area contributed by atoms with Crippen molar-refractivity contribution in [2.24, 2.45) is 5.92 Å². The van der Waals surface area contributed by atoms with Crippen molar-refractivity contribution in [1.29, 1.82) is 0 Å². The second-order valence-electron chi connectivity index (χ2n) is 5.61. The first-order valence-electron chi connectivity index (χ1n) is 7.86. The molecular weight excluding hydrogens is 254 g/mol. The van der Waals surface area contributed by atoms with Crippen LogP contribution in [0.2, 0.25) is 0 Å². The minimum atomic E-state index is -0.0961. The van der Waals surface area contributed by atoms with Gasteiger partial charge in [-0.2, -0.15) is 0 Å². The zero-order valence-electron chi connectivity index (χ0n) is 12.3. The summed E-state index contributed by atoms with van der Waals surface area (Å²) in [6.07, 6.45) is 10.1. The summed E-state index contributed by atoms with van der Waals surface area (Å²) in [6.45, 7) is 5.44. The van der Waals surface area contributed by atoms with Gasteiger partial charge in [0, 0.05) is 25.8 Å². The van der Waals surface area contributed by atoms with Crippen molar-refractivity contribution in [2.45, 2.75) is 32.1 Å². The van der Waals surface area contributed by atoms with E-state index in [1.54, 1.807) is 6.20 Å². The maximum Gasteiger partial charge on any atom is 0.318 e. The monoisotopic (exact) mass is 281 g/mol. The van der Waals surface area contributed by atoms with E-state index in [1.807, 2.05) is 0 Å². The van der Waals surface area contributed by atoms with Crippen LogP contribution in [0.4, 0.5) is 4.79 Å². The Hall–Kier alpha value is -1.07. The molecule has 0 aromatic rings. The minimum absolute atomic E-state index is 0.0961. The fourth-order valence-corrected chi connectivity index (χ4v) is 2.79. The van der Waals surface area contributed by atoms with Gasteiger partial charge in [0.25, 0.3) is 0 Å². The molecule has 2 rings (SSSR count). The molecule has 0 radical (unpaired) electrons. The molecule has 5 heteroatoms. The first-order valence-corrected chi connectivity index (χ1v) is 7.86. The number of nitrogens with one attached hydrogen (secondary N) is 2. The second-order valence-corrected chi connectivity index (χ2v) is 5.61. The summed E-state index contributed by atoms with van der Waals surface area (Å²) in [5, 5.41) is 5.67. The second kappa shape index (κ2) is 8.97. The predicted molar refractivity (Wildman–Crippen MR) is 79.5 cm³/mol. The van der Waals surface area contributed by atoms with Gasteiger partial charge in [-0.3, -0.25) is 4.90 Å². The van der Waals surface area contributed by atoms with Gasteiger partial charge in [0.2, 0.25) is 0 Å². The Labute approximate surface area is 121 Å². The smallest absolute Gasteiger partial charge is 0.318 e. The molecule has 2 aliphatic rings. The molecule has 20 heavy (non-hydrogen) atoms. The highest BCUT2D eigenvalue weighted by Gasteiger charge is 2.11. The van der Waals surface area contributed by atoms with Gasteiger partial charge >= 0.3 is 6.03 Å². The number of hydrogen-bond acceptors (Lipinski definition) is 3. The number of nitrogens with zero attached hydrogens (tertiary/aromatic N) is 1. The summed E-state index contributed by atoms with van der Waals surface area (Å²) >= 11 is 0. The van der Waals surface area contributed by atoms with Gasteiger partial charge in [-0.1, -0.05) is 18.9 Å². The predicted octanol–water partition coefficient (Wildman–Crippen LogP) is 1.71. The summed E-state index contributed by atoms with van der Waals surface area (Å²) in [4.78, 5) is 13.9. The van der Waals surface area contributed by atoms with Gasteiger partial charge in [-0.05, 0) is 31.7 Å². The molecule has 1 aliphatic carbocycles. The molecule has 2 N–H and O–H groups in total.